The Hall–Kier alpha value is -2.98. The molecule has 38 heavy (non-hydrogen) atoms. The van der Waals surface area contributed by atoms with Crippen LogP contribution in [0.25, 0.3) is 27.9 Å². The first-order valence-electron chi connectivity index (χ1n) is 13.5. The first-order valence-corrected chi connectivity index (χ1v) is 15.5. The van der Waals surface area contributed by atoms with Gasteiger partial charge in [-0.05, 0) is 69.8 Å². The van der Waals surface area contributed by atoms with Crippen molar-refractivity contribution < 1.29 is 8.42 Å². The average Bonchev–Trinajstić information content (AvgIpc) is 3.44. The third-order valence-electron chi connectivity index (χ3n) is 7.89. The molecule has 0 spiro atoms. The average molecular weight is 538 g/mol. The van der Waals surface area contributed by atoms with E-state index in [2.05, 4.69) is 84.7 Å². The number of pyridine rings is 2. The molecule has 0 aromatic carbocycles. The van der Waals surface area contributed by atoms with E-state index in [0.717, 1.165) is 59.0 Å². The lowest BCUT2D eigenvalue weighted by Gasteiger charge is -2.45. The van der Waals surface area contributed by atoms with Crippen molar-refractivity contribution in [2.45, 2.75) is 66.0 Å². The highest BCUT2D eigenvalue weighted by Gasteiger charge is 2.31. The van der Waals surface area contributed by atoms with Gasteiger partial charge in [0.2, 0.25) is 0 Å². The second-order valence-corrected chi connectivity index (χ2v) is 13.6. The molecule has 204 valence electrons. The quantitative estimate of drug-likeness (QED) is 0.374. The van der Waals surface area contributed by atoms with Crippen LogP contribution in [0.1, 0.15) is 56.7 Å². The second kappa shape index (κ2) is 9.96. The molecule has 1 aliphatic rings. The number of aromatic amines is 1. The topological polar surface area (TPSA) is 99.5 Å². The summed E-state index contributed by atoms with van der Waals surface area (Å²) in [4.78, 5) is 18.2. The van der Waals surface area contributed by atoms with Crippen molar-refractivity contribution in [3.8, 4) is 11.3 Å². The Labute approximate surface area is 225 Å². The minimum absolute atomic E-state index is 0.241. The molecular formula is C28H39N7O2S. The van der Waals surface area contributed by atoms with E-state index in [1.165, 1.54) is 17.4 Å². The van der Waals surface area contributed by atoms with Gasteiger partial charge in [-0.3, -0.25) is 4.90 Å². The van der Waals surface area contributed by atoms with E-state index < -0.39 is 9.84 Å². The minimum Gasteiger partial charge on any atom is -0.353 e. The highest BCUT2D eigenvalue weighted by Crippen LogP contribution is 2.38. The van der Waals surface area contributed by atoms with Crippen LogP contribution in [-0.4, -0.2) is 81.6 Å². The molecule has 1 N–H and O–H groups in total. The molecule has 1 saturated heterocycles. The van der Waals surface area contributed by atoms with Crippen LogP contribution in [0.4, 0.5) is 5.82 Å². The molecule has 9 nitrogen and oxygen atoms in total. The third-order valence-corrected chi connectivity index (χ3v) is 8.92. The van der Waals surface area contributed by atoms with E-state index in [1.807, 2.05) is 4.52 Å². The Morgan fingerprint density at radius 1 is 1.11 bits per heavy atom. The van der Waals surface area contributed by atoms with E-state index in [4.69, 9.17) is 4.98 Å². The summed E-state index contributed by atoms with van der Waals surface area (Å²) in [6.45, 7) is 15.7. The highest BCUT2D eigenvalue weighted by molar-refractivity contribution is 7.90. The summed E-state index contributed by atoms with van der Waals surface area (Å²) in [5, 5.41) is 4.40. The fraction of sp³-hybridized carbons (Fsp3) is 0.536. The first kappa shape index (κ1) is 26.6. The largest absolute Gasteiger partial charge is 0.353 e. The number of piperazine rings is 1. The number of fused-ring (bicyclic) bond motifs is 2. The number of aryl methyl sites for hydroxylation is 1. The second-order valence-electron chi connectivity index (χ2n) is 11.3. The van der Waals surface area contributed by atoms with Gasteiger partial charge in [-0.2, -0.15) is 5.10 Å². The fourth-order valence-electron chi connectivity index (χ4n) is 6.06. The summed E-state index contributed by atoms with van der Waals surface area (Å²) in [5.74, 6) is 1.50. The van der Waals surface area contributed by atoms with Gasteiger partial charge in [-0.15, -0.1) is 0 Å². The van der Waals surface area contributed by atoms with Crippen molar-refractivity contribution in [2.24, 2.45) is 0 Å². The summed E-state index contributed by atoms with van der Waals surface area (Å²) in [6, 6.07) is 4.81. The number of nitrogens with zero attached hydrogens (tertiary/aromatic N) is 6. The number of hydrogen-bond donors (Lipinski definition) is 1. The van der Waals surface area contributed by atoms with Crippen LogP contribution in [-0.2, 0) is 9.84 Å². The maximum absolute atomic E-state index is 11.5. The summed E-state index contributed by atoms with van der Waals surface area (Å²) in [5.41, 5.74) is 8.66. The van der Waals surface area contributed by atoms with Crippen molar-refractivity contribution in [3.05, 3.63) is 41.3 Å². The molecule has 0 unspecified atom stereocenters. The molecule has 0 bridgehead atoms. The SMILES string of the molecule is Cc1c(-c2[nH]c3ccc(N4[C@H](C)CN(CCCS(C)(=O)=O)C[C@H]4C)nc3c2C(C)C)cn2ncnc2c1C. The van der Waals surface area contributed by atoms with E-state index >= 15 is 0 Å². The van der Waals surface area contributed by atoms with Crippen LogP contribution in [0.15, 0.2) is 24.7 Å². The number of H-pyrrole nitrogens is 1. The van der Waals surface area contributed by atoms with E-state index in [-0.39, 0.29) is 23.8 Å². The predicted octanol–water partition coefficient (Wildman–Crippen LogP) is 4.35. The molecule has 1 fully saturated rings. The van der Waals surface area contributed by atoms with Crippen LogP contribution < -0.4 is 4.90 Å². The van der Waals surface area contributed by atoms with Gasteiger partial charge in [0.1, 0.15) is 22.0 Å². The lowest BCUT2D eigenvalue weighted by Crippen LogP contribution is -2.57. The summed E-state index contributed by atoms with van der Waals surface area (Å²) in [7, 11) is -2.93. The van der Waals surface area contributed by atoms with Crippen LogP contribution in [0.3, 0.4) is 0 Å². The molecule has 0 saturated carbocycles. The number of rotatable bonds is 7. The normalized spacial score (nSPS) is 19.3. The van der Waals surface area contributed by atoms with Crippen LogP contribution in [0.5, 0.6) is 0 Å². The van der Waals surface area contributed by atoms with Crippen LogP contribution >= 0.6 is 0 Å². The summed E-state index contributed by atoms with van der Waals surface area (Å²) < 4.78 is 25.0. The molecule has 4 aromatic rings. The molecule has 5 rings (SSSR count). The Kier molecular flexibility index (Phi) is 6.98. The van der Waals surface area contributed by atoms with E-state index in [0.29, 0.717) is 6.42 Å². The zero-order chi connectivity index (χ0) is 27.4. The maximum Gasteiger partial charge on any atom is 0.158 e. The molecule has 0 aliphatic carbocycles. The zero-order valence-corrected chi connectivity index (χ0v) is 24.3. The Balaban J connectivity index is 1.49. The first-order chi connectivity index (χ1) is 17.9. The van der Waals surface area contributed by atoms with Gasteiger partial charge in [0.05, 0.1) is 22.5 Å². The van der Waals surface area contributed by atoms with Crippen molar-refractivity contribution in [1.29, 1.82) is 0 Å². The van der Waals surface area contributed by atoms with Gasteiger partial charge in [-0.1, -0.05) is 13.8 Å². The number of hydrogen-bond acceptors (Lipinski definition) is 7. The predicted molar refractivity (Wildman–Crippen MR) is 154 cm³/mol. The van der Waals surface area contributed by atoms with Crippen molar-refractivity contribution in [3.63, 3.8) is 0 Å². The Morgan fingerprint density at radius 2 is 1.82 bits per heavy atom. The lowest BCUT2D eigenvalue weighted by atomic mass is 9.95. The molecule has 4 aromatic heterocycles. The summed E-state index contributed by atoms with van der Waals surface area (Å²) >= 11 is 0. The van der Waals surface area contributed by atoms with Gasteiger partial charge < -0.3 is 9.88 Å². The molecule has 5 heterocycles. The van der Waals surface area contributed by atoms with Gasteiger partial charge in [0.15, 0.2) is 5.65 Å². The number of sulfone groups is 1. The molecular weight excluding hydrogens is 498 g/mol. The standard InChI is InChI=1S/C28H39N7O2S/c1-17(2)25-26(22-15-34-28(29-16-30-34)21(6)20(22)5)31-23-9-10-24(32-27(23)25)35-18(3)13-33(14-19(35)4)11-8-12-38(7,36)37/h9-10,15-19,31H,8,11-14H2,1-7H3/t18-,19-/m1/s1. The van der Waals surface area contributed by atoms with E-state index in [9.17, 15) is 8.42 Å². The smallest absolute Gasteiger partial charge is 0.158 e. The summed E-state index contributed by atoms with van der Waals surface area (Å²) in [6.07, 6.45) is 5.65. The highest BCUT2D eigenvalue weighted by atomic mass is 32.2. The van der Waals surface area contributed by atoms with Crippen molar-refractivity contribution >= 4 is 32.3 Å². The Morgan fingerprint density at radius 3 is 2.47 bits per heavy atom. The minimum atomic E-state index is -2.93. The van der Waals surface area contributed by atoms with Crippen molar-refractivity contribution in [2.75, 3.05) is 36.5 Å². The molecule has 0 amide bonds. The van der Waals surface area contributed by atoms with Gasteiger partial charge >= 0.3 is 0 Å². The van der Waals surface area contributed by atoms with Gasteiger partial charge in [0, 0.05) is 48.8 Å². The molecule has 0 radical (unpaired) electrons. The van der Waals surface area contributed by atoms with E-state index in [1.54, 1.807) is 6.33 Å². The molecule has 1 aliphatic heterocycles. The van der Waals surface area contributed by atoms with Gasteiger partial charge in [-0.25, -0.2) is 22.9 Å². The number of anilines is 1. The van der Waals surface area contributed by atoms with Crippen LogP contribution in [0.2, 0.25) is 0 Å². The third kappa shape index (κ3) is 4.91. The molecule has 10 heteroatoms. The molecule has 2 atom stereocenters. The van der Waals surface area contributed by atoms with Gasteiger partial charge in [0.25, 0.3) is 0 Å². The zero-order valence-electron chi connectivity index (χ0n) is 23.5. The lowest BCUT2D eigenvalue weighted by molar-refractivity contribution is 0.200. The Bertz CT molecular complexity index is 1580. The fourth-order valence-corrected chi connectivity index (χ4v) is 6.72. The maximum atomic E-state index is 11.5. The van der Waals surface area contributed by atoms with Crippen LogP contribution in [0, 0.1) is 13.8 Å². The number of nitrogens with one attached hydrogen (secondary N) is 1. The monoisotopic (exact) mass is 537 g/mol. The van der Waals surface area contributed by atoms with Crippen molar-refractivity contribution in [1.82, 2.24) is 29.5 Å². The number of aromatic nitrogens is 5.